The number of aromatic nitrogens is 2. The zero-order valence-electron chi connectivity index (χ0n) is 18.2. The Labute approximate surface area is 174 Å². The Hall–Kier alpha value is -1.69. The topological polar surface area (TPSA) is 61.4 Å². The summed E-state index contributed by atoms with van der Waals surface area (Å²) in [6.07, 6.45) is 7.89. The van der Waals surface area contributed by atoms with Gasteiger partial charge in [-0.1, -0.05) is 0 Å². The van der Waals surface area contributed by atoms with Crippen molar-refractivity contribution in [3.05, 3.63) is 17.6 Å². The smallest absolute Gasteiger partial charge is 0.237 e. The molecule has 2 heterocycles. The fourth-order valence-electron chi connectivity index (χ4n) is 6.99. The van der Waals surface area contributed by atoms with Crippen LogP contribution in [0.5, 0.6) is 0 Å². The summed E-state index contributed by atoms with van der Waals surface area (Å²) in [5, 5.41) is 3.56. The van der Waals surface area contributed by atoms with E-state index in [1.807, 2.05) is 13.8 Å². The number of rotatable bonds is 4. The molecule has 4 aliphatic carbocycles. The molecule has 1 amide bonds. The third-order valence-electron chi connectivity index (χ3n) is 7.94. The molecule has 1 aliphatic heterocycles. The fourth-order valence-corrected chi connectivity index (χ4v) is 6.99. The number of carbonyl (C=O) groups excluding carboxylic acids is 1. The lowest BCUT2D eigenvalue weighted by Crippen LogP contribution is -2.63. The van der Waals surface area contributed by atoms with Crippen LogP contribution in [0.4, 0.5) is 5.82 Å². The van der Waals surface area contributed by atoms with Crippen LogP contribution in [0.2, 0.25) is 0 Å². The molecular weight excluding hydrogens is 362 g/mol. The van der Waals surface area contributed by atoms with Crippen molar-refractivity contribution in [1.82, 2.24) is 20.2 Å². The number of hydrogen-bond donors (Lipinski definition) is 1. The van der Waals surface area contributed by atoms with E-state index in [-0.39, 0.29) is 17.5 Å². The molecule has 4 saturated carbocycles. The molecule has 1 saturated heterocycles. The van der Waals surface area contributed by atoms with E-state index in [0.717, 1.165) is 61.3 Å². The molecule has 5 fully saturated rings. The molecule has 29 heavy (non-hydrogen) atoms. The molecule has 0 aromatic carbocycles. The summed E-state index contributed by atoms with van der Waals surface area (Å²) < 4.78 is 0. The zero-order chi connectivity index (χ0) is 20.2. The van der Waals surface area contributed by atoms with Crippen LogP contribution in [-0.4, -0.2) is 58.5 Å². The summed E-state index contributed by atoms with van der Waals surface area (Å²) in [4.78, 5) is 26.8. The van der Waals surface area contributed by atoms with Gasteiger partial charge in [-0.2, -0.15) is 0 Å². The van der Waals surface area contributed by atoms with E-state index in [0.29, 0.717) is 0 Å². The Balaban J connectivity index is 1.18. The number of piperazine rings is 1. The molecule has 1 N–H and O–H groups in total. The number of aryl methyl sites for hydroxylation is 2. The second-order valence-corrected chi connectivity index (χ2v) is 10.3. The molecule has 1 aromatic heterocycles. The number of hydrogen-bond acceptors (Lipinski definition) is 5. The highest BCUT2D eigenvalue weighted by Crippen LogP contribution is 2.55. The maximum absolute atomic E-state index is 13.2. The lowest BCUT2D eigenvalue weighted by Gasteiger charge is -2.57. The molecule has 1 aromatic rings. The van der Waals surface area contributed by atoms with Crippen LogP contribution in [-0.2, 0) is 4.79 Å². The number of amides is 1. The van der Waals surface area contributed by atoms with Gasteiger partial charge in [0.15, 0.2) is 0 Å². The second-order valence-electron chi connectivity index (χ2n) is 10.3. The molecule has 0 radical (unpaired) electrons. The molecule has 6 nitrogen and oxygen atoms in total. The highest BCUT2D eigenvalue weighted by atomic mass is 16.2. The lowest BCUT2D eigenvalue weighted by atomic mass is 9.53. The van der Waals surface area contributed by atoms with E-state index in [9.17, 15) is 4.79 Å². The van der Waals surface area contributed by atoms with E-state index >= 15 is 0 Å². The van der Waals surface area contributed by atoms with Crippen molar-refractivity contribution in [2.24, 2.45) is 17.8 Å². The van der Waals surface area contributed by atoms with Crippen molar-refractivity contribution in [2.75, 3.05) is 31.1 Å². The third-order valence-corrected chi connectivity index (χ3v) is 7.94. The molecular formula is C23H35N5O. The van der Waals surface area contributed by atoms with Gasteiger partial charge >= 0.3 is 0 Å². The summed E-state index contributed by atoms with van der Waals surface area (Å²) in [5.41, 5.74) is 1.12. The predicted molar refractivity (Wildman–Crippen MR) is 114 cm³/mol. The summed E-state index contributed by atoms with van der Waals surface area (Å²) in [5.74, 6) is 4.67. The first kappa shape index (κ1) is 19.3. The summed E-state index contributed by atoms with van der Waals surface area (Å²) in [6, 6.07) is 2.00. The van der Waals surface area contributed by atoms with Crippen LogP contribution in [0.3, 0.4) is 0 Å². The molecule has 5 aliphatic rings. The van der Waals surface area contributed by atoms with Gasteiger partial charge in [-0.05, 0) is 77.0 Å². The van der Waals surface area contributed by atoms with Crippen LogP contribution in [0.25, 0.3) is 0 Å². The Kier molecular flexibility index (Phi) is 4.80. The predicted octanol–water partition coefficient (Wildman–Crippen LogP) is 2.69. The quantitative estimate of drug-likeness (QED) is 0.846. The van der Waals surface area contributed by atoms with Gasteiger partial charge in [0.25, 0.3) is 0 Å². The highest BCUT2D eigenvalue weighted by molar-refractivity contribution is 5.82. The Morgan fingerprint density at radius 1 is 1.03 bits per heavy atom. The van der Waals surface area contributed by atoms with Gasteiger partial charge in [0, 0.05) is 43.5 Å². The van der Waals surface area contributed by atoms with Crippen molar-refractivity contribution in [3.63, 3.8) is 0 Å². The highest BCUT2D eigenvalue weighted by Gasteiger charge is 2.51. The van der Waals surface area contributed by atoms with Gasteiger partial charge in [-0.15, -0.1) is 0 Å². The van der Waals surface area contributed by atoms with E-state index in [4.69, 9.17) is 0 Å². The average molecular weight is 398 g/mol. The van der Waals surface area contributed by atoms with Gasteiger partial charge in [0.2, 0.25) is 5.91 Å². The summed E-state index contributed by atoms with van der Waals surface area (Å²) in [7, 11) is 0. The number of anilines is 1. The van der Waals surface area contributed by atoms with Crippen LogP contribution in [0.1, 0.15) is 57.0 Å². The molecule has 4 bridgehead atoms. The molecule has 1 unspecified atom stereocenters. The average Bonchev–Trinajstić information content (AvgIpc) is 2.65. The fraction of sp³-hybridized carbons (Fsp3) is 0.783. The van der Waals surface area contributed by atoms with E-state index < -0.39 is 0 Å². The van der Waals surface area contributed by atoms with Crippen molar-refractivity contribution in [3.8, 4) is 0 Å². The van der Waals surface area contributed by atoms with Crippen LogP contribution in [0.15, 0.2) is 6.07 Å². The molecule has 6 rings (SSSR count). The third kappa shape index (κ3) is 3.76. The van der Waals surface area contributed by atoms with Gasteiger partial charge in [-0.3, -0.25) is 9.69 Å². The molecule has 158 valence electrons. The van der Waals surface area contributed by atoms with Crippen molar-refractivity contribution >= 4 is 11.7 Å². The van der Waals surface area contributed by atoms with Gasteiger partial charge in [0.05, 0.1) is 6.04 Å². The first-order valence-electron chi connectivity index (χ1n) is 11.5. The number of nitrogens with zero attached hydrogens (tertiary/aromatic N) is 4. The maximum Gasteiger partial charge on any atom is 0.237 e. The van der Waals surface area contributed by atoms with Gasteiger partial charge in [0.1, 0.15) is 11.6 Å². The largest absolute Gasteiger partial charge is 0.354 e. The van der Waals surface area contributed by atoms with Crippen LogP contribution >= 0.6 is 0 Å². The number of nitrogens with one attached hydrogen (secondary N) is 1. The Morgan fingerprint density at radius 3 is 2.17 bits per heavy atom. The summed E-state index contributed by atoms with van der Waals surface area (Å²) >= 11 is 0. The zero-order valence-corrected chi connectivity index (χ0v) is 18.2. The molecule has 6 heteroatoms. The maximum atomic E-state index is 13.2. The first-order chi connectivity index (χ1) is 13.9. The summed E-state index contributed by atoms with van der Waals surface area (Å²) in [6.45, 7) is 9.67. The van der Waals surface area contributed by atoms with E-state index in [2.05, 4.69) is 38.1 Å². The minimum absolute atomic E-state index is 0.0565. The minimum Gasteiger partial charge on any atom is -0.354 e. The van der Waals surface area contributed by atoms with Gasteiger partial charge < -0.3 is 10.2 Å². The lowest BCUT2D eigenvalue weighted by molar-refractivity contribution is -0.131. The monoisotopic (exact) mass is 397 g/mol. The SMILES string of the molecule is Cc1cc(N2CCN(C(C)C(=O)NC34CC5CC(CC(C5)C3)C4)CC2)nc(C)n1. The van der Waals surface area contributed by atoms with Crippen molar-refractivity contribution in [2.45, 2.75) is 70.9 Å². The number of carbonyl (C=O) groups is 1. The first-order valence-corrected chi connectivity index (χ1v) is 11.5. The Morgan fingerprint density at radius 2 is 1.62 bits per heavy atom. The van der Waals surface area contributed by atoms with Gasteiger partial charge in [-0.25, -0.2) is 9.97 Å². The molecule has 1 atom stereocenters. The van der Waals surface area contributed by atoms with Crippen LogP contribution in [0, 0.1) is 31.6 Å². The second kappa shape index (κ2) is 7.22. The standard InChI is InChI=1S/C23H35N5O/c1-15-8-21(25-17(3)24-15)28-6-4-27(5-7-28)16(2)22(29)26-23-12-18-9-19(13-23)11-20(10-18)14-23/h8,16,18-20H,4-7,9-14H2,1-3H3,(H,26,29). The van der Waals surface area contributed by atoms with Crippen molar-refractivity contribution in [1.29, 1.82) is 0 Å². The van der Waals surface area contributed by atoms with E-state index in [1.54, 1.807) is 0 Å². The minimum atomic E-state index is -0.0565. The molecule has 0 spiro atoms. The van der Waals surface area contributed by atoms with E-state index in [1.165, 1.54) is 38.5 Å². The van der Waals surface area contributed by atoms with Crippen molar-refractivity contribution < 1.29 is 4.79 Å². The van der Waals surface area contributed by atoms with Crippen LogP contribution < -0.4 is 10.2 Å². The Bertz CT molecular complexity index is 730. The normalized spacial score (nSPS) is 35.0.